The van der Waals surface area contributed by atoms with Gasteiger partial charge in [0.15, 0.2) is 0 Å². The highest BCUT2D eigenvalue weighted by atomic mass is 32.2. The molecule has 0 radical (unpaired) electrons. The summed E-state index contributed by atoms with van der Waals surface area (Å²) < 4.78 is 18.4. The Kier molecular flexibility index (Phi) is 2.31. The zero-order chi connectivity index (χ0) is 7.61. The Hall–Kier alpha value is -0.0900. The molecule has 60 valence electrons. The van der Waals surface area contributed by atoms with Gasteiger partial charge in [-0.15, -0.1) is 0 Å². The van der Waals surface area contributed by atoms with Crippen molar-refractivity contribution in [3.05, 3.63) is 0 Å². The Morgan fingerprint density at radius 3 is 2.40 bits per heavy atom. The lowest BCUT2D eigenvalue weighted by Crippen LogP contribution is -2.39. The molecule has 0 aliphatic carbocycles. The molecule has 1 N–H and O–H groups in total. The van der Waals surface area contributed by atoms with E-state index in [0.29, 0.717) is 11.5 Å². The predicted molar refractivity (Wildman–Crippen MR) is 42.7 cm³/mol. The minimum Gasteiger partial charge on any atom is -0.302 e. The largest absolute Gasteiger partial charge is 0.302 e. The van der Waals surface area contributed by atoms with Crippen LogP contribution in [0.3, 0.4) is 0 Å². The van der Waals surface area contributed by atoms with E-state index in [9.17, 15) is 4.21 Å². The van der Waals surface area contributed by atoms with Crippen LogP contribution in [0.5, 0.6) is 0 Å². The van der Waals surface area contributed by atoms with E-state index in [-0.39, 0.29) is 0 Å². The van der Waals surface area contributed by atoms with Crippen molar-refractivity contribution < 1.29 is 4.21 Å². The molecule has 1 rings (SSSR count). The van der Waals surface area contributed by atoms with Gasteiger partial charge in [-0.2, -0.15) is 0 Å². The molecule has 1 saturated heterocycles. The van der Waals surface area contributed by atoms with E-state index in [1.807, 2.05) is 0 Å². The Morgan fingerprint density at radius 2 is 2.00 bits per heavy atom. The molecule has 0 spiro atoms. The molecule has 0 atom stereocenters. The first-order valence-corrected chi connectivity index (χ1v) is 5.50. The van der Waals surface area contributed by atoms with E-state index in [0.717, 1.165) is 19.6 Å². The van der Waals surface area contributed by atoms with Crippen LogP contribution in [0.15, 0.2) is 0 Å². The van der Waals surface area contributed by atoms with Crippen LogP contribution in [-0.2, 0) is 9.73 Å². The van der Waals surface area contributed by atoms with Crippen molar-refractivity contribution in [3.8, 4) is 0 Å². The summed E-state index contributed by atoms with van der Waals surface area (Å²) in [5, 5.41) is 0. The Labute approximate surface area is 62.4 Å². The third-order valence-corrected chi connectivity index (χ3v) is 3.61. The molecule has 1 heterocycles. The number of nitrogens with one attached hydrogen (secondary N) is 1. The highest BCUT2D eigenvalue weighted by Gasteiger charge is 2.16. The van der Waals surface area contributed by atoms with Crippen molar-refractivity contribution in [1.29, 1.82) is 4.78 Å². The number of nitrogens with zero attached hydrogens (tertiary/aromatic N) is 1. The van der Waals surface area contributed by atoms with Gasteiger partial charge in [0.05, 0.1) is 0 Å². The normalized spacial score (nSPS) is 26.5. The molecule has 0 saturated carbocycles. The Balaban J connectivity index is 2.46. The smallest absolute Gasteiger partial charge is 0.0466 e. The van der Waals surface area contributed by atoms with E-state index < -0.39 is 9.73 Å². The lowest BCUT2D eigenvalue weighted by molar-refractivity contribution is 0.315. The Morgan fingerprint density at radius 1 is 1.50 bits per heavy atom. The lowest BCUT2D eigenvalue weighted by Gasteiger charge is -2.26. The van der Waals surface area contributed by atoms with Crippen molar-refractivity contribution in [2.75, 3.05) is 31.1 Å². The van der Waals surface area contributed by atoms with Gasteiger partial charge in [-0.3, -0.25) is 4.78 Å². The van der Waals surface area contributed by atoms with E-state index in [1.165, 1.54) is 0 Å². The topological polar surface area (TPSA) is 44.2 Å². The third-order valence-electron chi connectivity index (χ3n) is 1.92. The van der Waals surface area contributed by atoms with Crippen LogP contribution >= 0.6 is 0 Å². The highest BCUT2D eigenvalue weighted by Crippen LogP contribution is 2.02. The van der Waals surface area contributed by atoms with Crippen LogP contribution in [0.25, 0.3) is 0 Å². The zero-order valence-electron chi connectivity index (χ0n) is 6.30. The van der Waals surface area contributed by atoms with Gasteiger partial charge in [0.25, 0.3) is 0 Å². The van der Waals surface area contributed by atoms with E-state index in [1.54, 1.807) is 0 Å². The summed E-state index contributed by atoms with van der Waals surface area (Å²) in [6.45, 7) is 4.81. The average molecular weight is 162 g/mol. The molecular weight excluding hydrogens is 148 g/mol. The van der Waals surface area contributed by atoms with Gasteiger partial charge in [0.1, 0.15) is 0 Å². The van der Waals surface area contributed by atoms with Crippen LogP contribution < -0.4 is 0 Å². The number of rotatable bonds is 1. The molecule has 0 bridgehead atoms. The quantitative estimate of drug-likeness (QED) is 0.605. The van der Waals surface area contributed by atoms with Crippen LogP contribution in [0.2, 0.25) is 0 Å². The van der Waals surface area contributed by atoms with Gasteiger partial charge in [0, 0.05) is 34.3 Å². The molecule has 3 nitrogen and oxygen atoms in total. The van der Waals surface area contributed by atoms with Crippen LogP contribution in [0.4, 0.5) is 0 Å². The van der Waals surface area contributed by atoms with Crippen molar-refractivity contribution in [3.63, 3.8) is 0 Å². The van der Waals surface area contributed by atoms with Crippen LogP contribution in [-0.4, -0.2) is 40.2 Å². The second-order valence-electron chi connectivity index (χ2n) is 2.65. The summed E-state index contributed by atoms with van der Waals surface area (Å²) >= 11 is 0. The number of hydrogen-bond acceptors (Lipinski definition) is 3. The van der Waals surface area contributed by atoms with Crippen molar-refractivity contribution in [1.82, 2.24) is 4.90 Å². The summed E-state index contributed by atoms with van der Waals surface area (Å²) in [6.07, 6.45) is 0. The molecule has 1 aliphatic rings. The highest BCUT2D eigenvalue weighted by molar-refractivity contribution is 7.92. The summed E-state index contributed by atoms with van der Waals surface area (Å²) in [5.74, 6) is 1.14. The van der Waals surface area contributed by atoms with Gasteiger partial charge in [0.2, 0.25) is 0 Å². The molecule has 1 fully saturated rings. The second-order valence-corrected chi connectivity index (χ2v) is 5.09. The molecule has 4 heteroatoms. The van der Waals surface area contributed by atoms with Crippen molar-refractivity contribution >= 4 is 9.73 Å². The first-order chi connectivity index (χ1) is 4.64. The molecule has 0 amide bonds. The second kappa shape index (κ2) is 2.88. The van der Waals surface area contributed by atoms with E-state index in [4.69, 9.17) is 4.78 Å². The maximum Gasteiger partial charge on any atom is 0.0466 e. The minimum absolute atomic E-state index is 0.570. The maximum absolute atomic E-state index is 11.1. The minimum atomic E-state index is -2.17. The van der Waals surface area contributed by atoms with Gasteiger partial charge >= 0.3 is 0 Å². The molecular formula is C6H14N2OS. The molecule has 0 aromatic carbocycles. The third kappa shape index (κ3) is 1.95. The van der Waals surface area contributed by atoms with Gasteiger partial charge in [-0.1, -0.05) is 6.92 Å². The van der Waals surface area contributed by atoms with Gasteiger partial charge < -0.3 is 4.90 Å². The number of hydrogen-bond donors (Lipinski definition) is 1. The first-order valence-electron chi connectivity index (χ1n) is 3.60. The maximum atomic E-state index is 11.1. The van der Waals surface area contributed by atoms with Gasteiger partial charge in [-0.25, -0.2) is 4.21 Å². The molecule has 0 unspecified atom stereocenters. The molecule has 0 aromatic heterocycles. The lowest BCUT2D eigenvalue weighted by atomic mass is 10.5. The summed E-state index contributed by atoms with van der Waals surface area (Å²) in [4.78, 5) is 2.23. The average Bonchev–Trinajstić information content (AvgIpc) is 1.88. The monoisotopic (exact) mass is 162 g/mol. The van der Waals surface area contributed by atoms with Gasteiger partial charge in [-0.05, 0) is 6.54 Å². The summed E-state index contributed by atoms with van der Waals surface area (Å²) in [7, 11) is -2.17. The zero-order valence-corrected chi connectivity index (χ0v) is 7.12. The fourth-order valence-electron chi connectivity index (χ4n) is 1.08. The van der Waals surface area contributed by atoms with Crippen molar-refractivity contribution in [2.24, 2.45) is 0 Å². The van der Waals surface area contributed by atoms with E-state index in [2.05, 4.69) is 11.8 Å². The standard InChI is InChI=1S/C6H14N2OS/c1-2-8-3-5-10(7,9)6-4-8/h7H,2-6H2,1H3. The molecule has 10 heavy (non-hydrogen) atoms. The molecule has 0 aromatic rings. The summed E-state index contributed by atoms with van der Waals surface area (Å²) in [6, 6.07) is 0. The van der Waals surface area contributed by atoms with Crippen molar-refractivity contribution in [2.45, 2.75) is 6.92 Å². The Bertz CT molecular complexity index is 184. The fraction of sp³-hybridized carbons (Fsp3) is 1.00. The predicted octanol–water partition coefficient (Wildman–Crippen LogP) is 0.369. The van der Waals surface area contributed by atoms with Crippen LogP contribution in [0, 0.1) is 4.78 Å². The van der Waals surface area contributed by atoms with Crippen LogP contribution in [0.1, 0.15) is 6.92 Å². The molecule has 1 aliphatic heterocycles. The van der Waals surface area contributed by atoms with E-state index >= 15 is 0 Å². The summed E-state index contributed by atoms with van der Waals surface area (Å²) in [5.41, 5.74) is 0. The first kappa shape index (κ1) is 8.01. The fourth-order valence-corrected chi connectivity index (χ4v) is 2.39. The SMILES string of the molecule is CCN1CCS(=N)(=O)CC1.